The topological polar surface area (TPSA) is 41.1 Å². The minimum absolute atomic E-state index is 0.0200. The van der Waals surface area contributed by atoms with Crippen molar-refractivity contribution in [3.63, 3.8) is 0 Å². The van der Waals surface area contributed by atoms with Crippen LogP contribution in [-0.4, -0.2) is 22.6 Å². The van der Waals surface area contributed by atoms with Gasteiger partial charge in [0.1, 0.15) is 5.82 Å². The van der Waals surface area contributed by atoms with Gasteiger partial charge in [-0.3, -0.25) is 4.98 Å². The zero-order chi connectivity index (χ0) is 15.5. The average molecular weight is 288 g/mol. The van der Waals surface area contributed by atoms with Crippen LogP contribution in [0.15, 0.2) is 36.7 Å². The predicted molar refractivity (Wildman–Crippen MR) is 83.1 cm³/mol. The quantitative estimate of drug-likeness (QED) is 0.937. The van der Waals surface area contributed by atoms with Crippen LogP contribution < -0.4 is 10.2 Å². The van der Waals surface area contributed by atoms with Crippen LogP contribution in [0.25, 0.3) is 0 Å². The summed E-state index contributed by atoms with van der Waals surface area (Å²) in [5.41, 5.74) is 1.61. The van der Waals surface area contributed by atoms with E-state index in [1.807, 2.05) is 18.0 Å². The normalized spacial score (nSPS) is 11.5. The number of benzene rings is 1. The van der Waals surface area contributed by atoms with Gasteiger partial charge in [-0.2, -0.15) is 0 Å². The van der Waals surface area contributed by atoms with Crippen molar-refractivity contribution in [1.82, 2.24) is 15.3 Å². The fraction of sp³-hybridized carbons (Fsp3) is 0.375. The molecule has 0 saturated carbocycles. The molecule has 0 aliphatic heterocycles. The summed E-state index contributed by atoms with van der Waals surface area (Å²) in [6.45, 7) is 6.94. The summed E-state index contributed by atoms with van der Waals surface area (Å²) >= 11 is 0. The molecule has 0 bridgehead atoms. The molecule has 21 heavy (non-hydrogen) atoms. The number of nitrogens with one attached hydrogen (secondary N) is 1. The van der Waals surface area contributed by atoms with E-state index in [1.54, 1.807) is 18.5 Å². The van der Waals surface area contributed by atoms with Gasteiger partial charge in [-0.15, -0.1) is 0 Å². The van der Waals surface area contributed by atoms with Crippen molar-refractivity contribution in [1.29, 1.82) is 0 Å². The number of nitrogens with zero attached hydrogens (tertiary/aromatic N) is 3. The smallest absolute Gasteiger partial charge is 0.151 e. The van der Waals surface area contributed by atoms with Crippen LogP contribution in [0, 0.1) is 5.82 Å². The molecule has 4 nitrogen and oxygen atoms in total. The summed E-state index contributed by atoms with van der Waals surface area (Å²) < 4.78 is 13.3. The Morgan fingerprint density at radius 2 is 2.00 bits per heavy atom. The first-order valence-corrected chi connectivity index (χ1v) is 6.90. The summed E-state index contributed by atoms with van der Waals surface area (Å²) in [5.74, 6) is 0.423. The van der Waals surface area contributed by atoms with E-state index in [1.165, 1.54) is 12.1 Å². The second-order valence-electron chi connectivity index (χ2n) is 6.01. The van der Waals surface area contributed by atoms with Gasteiger partial charge in [0, 0.05) is 31.0 Å². The SMILES string of the molecule is CN(c1cccc(F)c1)c1cncc(CNC(C)(C)C)n1. The Labute approximate surface area is 125 Å². The molecular weight excluding hydrogens is 267 g/mol. The molecule has 0 saturated heterocycles. The van der Waals surface area contributed by atoms with E-state index in [0.29, 0.717) is 12.4 Å². The predicted octanol–water partition coefficient (Wildman–Crippen LogP) is 3.27. The minimum atomic E-state index is -0.266. The van der Waals surface area contributed by atoms with Gasteiger partial charge in [0.05, 0.1) is 11.9 Å². The highest BCUT2D eigenvalue weighted by Crippen LogP contribution is 2.21. The molecule has 0 aliphatic rings. The van der Waals surface area contributed by atoms with E-state index in [4.69, 9.17) is 0 Å². The number of anilines is 2. The Morgan fingerprint density at radius 1 is 1.24 bits per heavy atom. The zero-order valence-electron chi connectivity index (χ0n) is 12.9. The van der Waals surface area contributed by atoms with Gasteiger partial charge < -0.3 is 10.2 Å². The van der Waals surface area contributed by atoms with Crippen molar-refractivity contribution in [2.45, 2.75) is 32.9 Å². The average Bonchev–Trinajstić information content (AvgIpc) is 2.44. The Hall–Kier alpha value is -2.01. The minimum Gasteiger partial charge on any atom is -0.328 e. The third kappa shape index (κ3) is 4.49. The summed E-state index contributed by atoms with van der Waals surface area (Å²) in [6.07, 6.45) is 3.41. The number of hydrogen-bond acceptors (Lipinski definition) is 4. The lowest BCUT2D eigenvalue weighted by Gasteiger charge is -2.21. The monoisotopic (exact) mass is 288 g/mol. The molecule has 2 rings (SSSR count). The number of halogens is 1. The maximum Gasteiger partial charge on any atom is 0.151 e. The van der Waals surface area contributed by atoms with E-state index in [2.05, 4.69) is 36.1 Å². The van der Waals surface area contributed by atoms with Crippen LogP contribution in [0.1, 0.15) is 26.5 Å². The molecule has 0 spiro atoms. The maximum absolute atomic E-state index is 13.3. The van der Waals surface area contributed by atoms with Gasteiger partial charge >= 0.3 is 0 Å². The standard InChI is InChI=1S/C16H21FN4/c1-16(2,3)19-10-13-9-18-11-15(20-13)21(4)14-7-5-6-12(17)8-14/h5-9,11,19H,10H2,1-4H3. The molecule has 1 aromatic heterocycles. The second kappa shape index (κ2) is 6.18. The van der Waals surface area contributed by atoms with Crippen molar-refractivity contribution in [2.24, 2.45) is 0 Å². The molecule has 1 heterocycles. The number of hydrogen-bond donors (Lipinski definition) is 1. The first-order chi connectivity index (χ1) is 9.85. The van der Waals surface area contributed by atoms with Crippen LogP contribution >= 0.6 is 0 Å². The Bertz CT molecular complexity index is 607. The molecule has 0 radical (unpaired) electrons. The fourth-order valence-electron chi connectivity index (χ4n) is 1.81. The molecule has 5 heteroatoms. The van der Waals surface area contributed by atoms with Crippen LogP contribution in [0.5, 0.6) is 0 Å². The maximum atomic E-state index is 13.3. The van der Waals surface area contributed by atoms with Crippen molar-refractivity contribution in [3.05, 3.63) is 48.2 Å². The molecule has 0 unspecified atom stereocenters. The van der Waals surface area contributed by atoms with Crippen molar-refractivity contribution < 1.29 is 4.39 Å². The highest BCUT2D eigenvalue weighted by Gasteiger charge is 2.11. The van der Waals surface area contributed by atoms with Crippen molar-refractivity contribution >= 4 is 11.5 Å². The van der Waals surface area contributed by atoms with E-state index < -0.39 is 0 Å². The van der Waals surface area contributed by atoms with E-state index in [0.717, 1.165) is 11.4 Å². The van der Waals surface area contributed by atoms with Crippen LogP contribution in [0.3, 0.4) is 0 Å². The Morgan fingerprint density at radius 3 is 2.67 bits per heavy atom. The lowest BCUT2D eigenvalue weighted by Crippen LogP contribution is -2.35. The second-order valence-corrected chi connectivity index (χ2v) is 6.01. The van der Waals surface area contributed by atoms with Crippen molar-refractivity contribution in [3.8, 4) is 0 Å². The van der Waals surface area contributed by atoms with Crippen LogP contribution in [0.4, 0.5) is 15.9 Å². The highest BCUT2D eigenvalue weighted by molar-refractivity contribution is 5.58. The molecule has 0 amide bonds. The summed E-state index contributed by atoms with van der Waals surface area (Å²) in [5, 5.41) is 3.37. The molecule has 2 aromatic rings. The number of aromatic nitrogens is 2. The Balaban J connectivity index is 2.17. The largest absolute Gasteiger partial charge is 0.328 e. The van der Waals surface area contributed by atoms with Gasteiger partial charge in [0.25, 0.3) is 0 Å². The third-order valence-corrected chi connectivity index (χ3v) is 3.01. The molecule has 0 fully saturated rings. The zero-order valence-corrected chi connectivity index (χ0v) is 12.9. The molecule has 0 atom stereocenters. The summed E-state index contributed by atoms with van der Waals surface area (Å²) in [7, 11) is 1.85. The van der Waals surface area contributed by atoms with E-state index in [9.17, 15) is 4.39 Å². The molecule has 1 N–H and O–H groups in total. The van der Waals surface area contributed by atoms with Crippen LogP contribution in [0.2, 0.25) is 0 Å². The molecule has 0 aliphatic carbocycles. The summed E-state index contributed by atoms with van der Waals surface area (Å²) in [6, 6.07) is 6.42. The lowest BCUT2D eigenvalue weighted by atomic mass is 10.1. The molecular formula is C16H21FN4. The third-order valence-electron chi connectivity index (χ3n) is 3.01. The Kier molecular flexibility index (Phi) is 4.53. The number of rotatable bonds is 4. The van der Waals surface area contributed by atoms with Crippen molar-refractivity contribution in [2.75, 3.05) is 11.9 Å². The highest BCUT2D eigenvalue weighted by atomic mass is 19.1. The van der Waals surface area contributed by atoms with E-state index >= 15 is 0 Å². The van der Waals surface area contributed by atoms with Gasteiger partial charge in [0.2, 0.25) is 0 Å². The van der Waals surface area contributed by atoms with Crippen LogP contribution in [-0.2, 0) is 6.54 Å². The first kappa shape index (κ1) is 15.4. The van der Waals surface area contributed by atoms with Gasteiger partial charge in [-0.05, 0) is 39.0 Å². The van der Waals surface area contributed by atoms with Gasteiger partial charge in [-0.25, -0.2) is 9.37 Å². The fourth-order valence-corrected chi connectivity index (χ4v) is 1.81. The molecule has 112 valence electrons. The first-order valence-electron chi connectivity index (χ1n) is 6.90. The van der Waals surface area contributed by atoms with Gasteiger partial charge in [0.15, 0.2) is 5.82 Å². The van der Waals surface area contributed by atoms with E-state index in [-0.39, 0.29) is 11.4 Å². The van der Waals surface area contributed by atoms with Gasteiger partial charge in [-0.1, -0.05) is 6.07 Å². The molecule has 1 aromatic carbocycles. The summed E-state index contributed by atoms with van der Waals surface area (Å²) in [4.78, 5) is 10.6. The lowest BCUT2D eigenvalue weighted by molar-refractivity contribution is 0.421.